The standard InChI is InChI=1S/C13H21F3N6.HI/c1-3-4-6-18-11(17-2)20-8-9-21-12-19-7-5-10(22-12)13(14,15)16;/h5,7H,3-4,6,8-9H2,1-2H3,(H2,17,18,20)(H,19,21,22);1H. The van der Waals surface area contributed by atoms with E-state index in [-0.39, 0.29) is 29.9 Å². The van der Waals surface area contributed by atoms with Gasteiger partial charge in [0.05, 0.1) is 0 Å². The highest BCUT2D eigenvalue weighted by molar-refractivity contribution is 14.0. The summed E-state index contributed by atoms with van der Waals surface area (Å²) in [4.78, 5) is 11.2. The molecule has 10 heteroatoms. The van der Waals surface area contributed by atoms with Gasteiger partial charge in [0.15, 0.2) is 5.96 Å². The molecule has 0 aliphatic heterocycles. The molecule has 0 aliphatic rings. The molecule has 0 bridgehead atoms. The number of aromatic nitrogens is 2. The number of rotatable bonds is 7. The van der Waals surface area contributed by atoms with Crippen LogP contribution in [0.3, 0.4) is 0 Å². The molecule has 0 saturated heterocycles. The average molecular weight is 446 g/mol. The van der Waals surface area contributed by atoms with Gasteiger partial charge in [-0.15, -0.1) is 24.0 Å². The normalized spacial score (nSPS) is 11.6. The van der Waals surface area contributed by atoms with Crippen LogP contribution in [0, 0.1) is 0 Å². The van der Waals surface area contributed by atoms with Gasteiger partial charge in [0.25, 0.3) is 0 Å². The molecule has 0 radical (unpaired) electrons. The van der Waals surface area contributed by atoms with Crippen LogP contribution in [0.2, 0.25) is 0 Å². The molecule has 0 aliphatic carbocycles. The van der Waals surface area contributed by atoms with Crippen molar-refractivity contribution in [2.75, 3.05) is 32.0 Å². The van der Waals surface area contributed by atoms with Crippen LogP contribution in [0.25, 0.3) is 0 Å². The van der Waals surface area contributed by atoms with Crippen molar-refractivity contribution in [2.45, 2.75) is 25.9 Å². The first-order valence-corrected chi connectivity index (χ1v) is 7.06. The fourth-order valence-corrected chi connectivity index (χ4v) is 1.56. The van der Waals surface area contributed by atoms with Gasteiger partial charge in [-0.2, -0.15) is 13.2 Å². The van der Waals surface area contributed by atoms with Gasteiger partial charge >= 0.3 is 6.18 Å². The third-order valence-electron chi connectivity index (χ3n) is 2.69. The van der Waals surface area contributed by atoms with Crippen molar-refractivity contribution in [1.29, 1.82) is 0 Å². The maximum atomic E-state index is 12.5. The van der Waals surface area contributed by atoms with Crippen LogP contribution < -0.4 is 16.0 Å². The fourth-order valence-electron chi connectivity index (χ4n) is 1.56. The molecule has 3 N–H and O–H groups in total. The molecule has 132 valence electrons. The van der Waals surface area contributed by atoms with E-state index in [1.54, 1.807) is 7.05 Å². The number of alkyl halides is 3. The summed E-state index contributed by atoms with van der Waals surface area (Å²) in [6, 6.07) is 0.836. The maximum Gasteiger partial charge on any atom is 0.433 e. The van der Waals surface area contributed by atoms with Gasteiger partial charge in [0.1, 0.15) is 5.69 Å². The van der Waals surface area contributed by atoms with Gasteiger partial charge in [-0.3, -0.25) is 4.99 Å². The Labute approximate surface area is 150 Å². The molecule has 1 rings (SSSR count). The number of unbranched alkanes of at least 4 members (excludes halogenated alkanes) is 1. The zero-order valence-corrected chi connectivity index (χ0v) is 15.4. The molecule has 0 amide bonds. The number of nitrogens with zero attached hydrogens (tertiary/aromatic N) is 3. The highest BCUT2D eigenvalue weighted by Gasteiger charge is 2.32. The van der Waals surface area contributed by atoms with Crippen molar-refractivity contribution in [3.63, 3.8) is 0 Å². The number of hydrogen-bond acceptors (Lipinski definition) is 4. The van der Waals surface area contributed by atoms with Crippen molar-refractivity contribution in [3.8, 4) is 0 Å². The second-order valence-corrected chi connectivity index (χ2v) is 4.47. The predicted octanol–water partition coefficient (Wildman–Crippen LogP) is 2.49. The summed E-state index contributed by atoms with van der Waals surface area (Å²) >= 11 is 0. The van der Waals surface area contributed by atoms with Gasteiger partial charge in [-0.25, -0.2) is 9.97 Å². The van der Waals surface area contributed by atoms with Crippen LogP contribution >= 0.6 is 24.0 Å². The van der Waals surface area contributed by atoms with Crippen molar-refractivity contribution in [1.82, 2.24) is 20.6 Å². The Kier molecular flexibility index (Phi) is 10.6. The third kappa shape index (κ3) is 8.77. The summed E-state index contributed by atoms with van der Waals surface area (Å²) in [5.41, 5.74) is -0.963. The van der Waals surface area contributed by atoms with Gasteiger partial charge in [-0.1, -0.05) is 13.3 Å². The molecular formula is C13H22F3IN6. The number of nitrogens with one attached hydrogen (secondary N) is 3. The number of anilines is 1. The van der Waals surface area contributed by atoms with E-state index in [0.717, 1.165) is 31.6 Å². The van der Waals surface area contributed by atoms with Crippen LogP contribution in [-0.2, 0) is 6.18 Å². The maximum absolute atomic E-state index is 12.5. The highest BCUT2D eigenvalue weighted by Crippen LogP contribution is 2.27. The molecule has 0 unspecified atom stereocenters. The average Bonchev–Trinajstić information content (AvgIpc) is 2.49. The Morgan fingerprint density at radius 2 is 1.91 bits per heavy atom. The van der Waals surface area contributed by atoms with Crippen LogP contribution in [0.4, 0.5) is 19.1 Å². The first kappa shape index (κ1) is 21.7. The number of guanidine groups is 1. The van der Waals surface area contributed by atoms with Gasteiger partial charge in [0, 0.05) is 32.9 Å². The lowest BCUT2D eigenvalue weighted by Crippen LogP contribution is -2.40. The minimum Gasteiger partial charge on any atom is -0.356 e. The molecule has 0 atom stereocenters. The zero-order chi connectivity index (χ0) is 16.4. The van der Waals surface area contributed by atoms with E-state index < -0.39 is 11.9 Å². The first-order chi connectivity index (χ1) is 10.5. The second-order valence-electron chi connectivity index (χ2n) is 4.47. The second kappa shape index (κ2) is 11.2. The summed E-state index contributed by atoms with van der Waals surface area (Å²) in [5.74, 6) is 0.603. The van der Waals surface area contributed by atoms with E-state index in [4.69, 9.17) is 0 Å². The Bertz CT molecular complexity index is 481. The molecule has 0 saturated carbocycles. The predicted molar refractivity (Wildman–Crippen MR) is 95.2 cm³/mol. The van der Waals surface area contributed by atoms with E-state index in [1.165, 1.54) is 0 Å². The van der Waals surface area contributed by atoms with E-state index in [0.29, 0.717) is 19.0 Å². The summed E-state index contributed by atoms with van der Waals surface area (Å²) in [6.45, 7) is 3.76. The van der Waals surface area contributed by atoms with Crippen molar-refractivity contribution < 1.29 is 13.2 Å². The highest BCUT2D eigenvalue weighted by atomic mass is 127. The van der Waals surface area contributed by atoms with E-state index >= 15 is 0 Å². The molecule has 1 heterocycles. The molecule has 1 aromatic rings. The minimum atomic E-state index is -4.47. The molecule has 0 spiro atoms. The Morgan fingerprint density at radius 3 is 2.52 bits per heavy atom. The lowest BCUT2D eigenvalue weighted by molar-refractivity contribution is -0.141. The summed E-state index contributed by atoms with van der Waals surface area (Å²) in [5, 5.41) is 8.91. The Hall–Kier alpha value is -1.33. The molecule has 6 nitrogen and oxygen atoms in total. The molecule has 1 aromatic heterocycles. The molecule has 23 heavy (non-hydrogen) atoms. The first-order valence-electron chi connectivity index (χ1n) is 7.06. The quantitative estimate of drug-likeness (QED) is 0.260. The number of halogens is 4. The summed E-state index contributed by atoms with van der Waals surface area (Å²) in [6.07, 6.45) is -1.27. The topological polar surface area (TPSA) is 74.2 Å². The van der Waals surface area contributed by atoms with Crippen molar-refractivity contribution in [3.05, 3.63) is 18.0 Å². The molecule has 0 aromatic carbocycles. The SMILES string of the molecule is CCCCNC(=NC)NCCNc1nccc(C(F)(F)F)n1.I. The largest absolute Gasteiger partial charge is 0.433 e. The minimum absolute atomic E-state index is 0. The van der Waals surface area contributed by atoms with Gasteiger partial charge < -0.3 is 16.0 Å². The smallest absolute Gasteiger partial charge is 0.356 e. The van der Waals surface area contributed by atoms with Gasteiger partial charge in [-0.05, 0) is 12.5 Å². The van der Waals surface area contributed by atoms with Gasteiger partial charge in [0.2, 0.25) is 5.95 Å². The van der Waals surface area contributed by atoms with Crippen molar-refractivity contribution >= 4 is 35.9 Å². The van der Waals surface area contributed by atoms with Crippen LogP contribution in [0.5, 0.6) is 0 Å². The van der Waals surface area contributed by atoms with Crippen LogP contribution in [0.1, 0.15) is 25.5 Å². The van der Waals surface area contributed by atoms with E-state index in [2.05, 4.69) is 37.8 Å². The van der Waals surface area contributed by atoms with Crippen LogP contribution in [-0.4, -0.2) is 42.6 Å². The molecular weight excluding hydrogens is 424 g/mol. The van der Waals surface area contributed by atoms with Crippen LogP contribution in [0.15, 0.2) is 17.3 Å². The molecule has 0 fully saturated rings. The lowest BCUT2D eigenvalue weighted by Gasteiger charge is -2.12. The number of hydrogen-bond donors (Lipinski definition) is 3. The Balaban J connectivity index is 0.00000484. The summed E-state index contributed by atoms with van der Waals surface area (Å²) in [7, 11) is 1.66. The van der Waals surface area contributed by atoms with E-state index in [1.807, 2.05) is 0 Å². The van der Waals surface area contributed by atoms with E-state index in [9.17, 15) is 13.2 Å². The Morgan fingerprint density at radius 1 is 1.22 bits per heavy atom. The third-order valence-corrected chi connectivity index (χ3v) is 2.69. The number of aliphatic imine (C=N–C) groups is 1. The summed E-state index contributed by atoms with van der Waals surface area (Å²) < 4.78 is 37.5. The lowest BCUT2D eigenvalue weighted by atomic mass is 10.3. The van der Waals surface area contributed by atoms with Crippen molar-refractivity contribution in [2.24, 2.45) is 4.99 Å². The fraction of sp³-hybridized carbons (Fsp3) is 0.615. The zero-order valence-electron chi connectivity index (χ0n) is 13.1. The monoisotopic (exact) mass is 446 g/mol.